The smallest absolute Gasteiger partial charge is 0.409 e. The Kier molecular flexibility index (Phi) is 5.80. The number of likely N-dealkylation sites (tertiary alicyclic amines) is 1. The molecule has 1 saturated heterocycles. The number of rotatable bonds is 4. The molecule has 0 radical (unpaired) electrons. The molecule has 2 fully saturated rings. The monoisotopic (exact) mass is 496 g/mol. The number of aromatic nitrogens is 2. The third kappa shape index (κ3) is 4.02. The van der Waals surface area contributed by atoms with Crippen molar-refractivity contribution in [2.24, 2.45) is 11.7 Å². The molecule has 2 aromatic rings. The normalized spacial score (nSPS) is 21.1. The second-order valence-electron chi connectivity index (χ2n) is 10.3. The van der Waals surface area contributed by atoms with Crippen molar-refractivity contribution >= 4 is 12.0 Å². The quantitative estimate of drug-likeness (QED) is 0.558. The van der Waals surface area contributed by atoms with Gasteiger partial charge in [-0.1, -0.05) is 11.8 Å². The highest BCUT2D eigenvalue weighted by Crippen LogP contribution is 2.54. The minimum absolute atomic E-state index is 0.0298. The van der Waals surface area contributed by atoms with Gasteiger partial charge in [-0.3, -0.25) is 4.79 Å². The van der Waals surface area contributed by atoms with Crippen molar-refractivity contribution in [3.05, 3.63) is 40.5 Å². The Hall–Kier alpha value is -3.42. The fourth-order valence-electron chi connectivity index (χ4n) is 5.26. The molecule has 9 nitrogen and oxygen atoms in total. The topological polar surface area (TPSA) is 131 Å². The Morgan fingerprint density at radius 2 is 2.03 bits per heavy atom. The minimum Gasteiger partial charge on any atom is -0.450 e. The number of hydrogen-bond acceptors (Lipinski definition) is 6. The summed E-state index contributed by atoms with van der Waals surface area (Å²) in [6, 6.07) is 3.02. The molecule has 2 bridgehead atoms. The first kappa shape index (κ1) is 24.3. The van der Waals surface area contributed by atoms with Gasteiger partial charge in [0.15, 0.2) is 5.69 Å². The van der Waals surface area contributed by atoms with Gasteiger partial charge in [0, 0.05) is 30.6 Å². The van der Waals surface area contributed by atoms with E-state index in [1.54, 1.807) is 13.0 Å². The Balaban J connectivity index is 1.58. The lowest BCUT2D eigenvalue weighted by Gasteiger charge is -2.42. The lowest BCUT2D eigenvalue weighted by atomic mass is 9.75. The lowest BCUT2D eigenvalue weighted by molar-refractivity contribution is -0.0103. The van der Waals surface area contributed by atoms with Crippen molar-refractivity contribution in [2.45, 2.75) is 57.3 Å². The fraction of sp³-hybridized carbons (Fsp3) is 0.500. The molecular formula is C26H29FN4O5. The van der Waals surface area contributed by atoms with Crippen molar-refractivity contribution in [1.82, 2.24) is 14.5 Å². The molecule has 2 amide bonds. The highest BCUT2D eigenvalue weighted by atomic mass is 19.1. The molecule has 1 aliphatic carbocycles. The number of ether oxygens (including phenoxy) is 1. The van der Waals surface area contributed by atoms with Crippen molar-refractivity contribution < 1.29 is 28.9 Å². The molecule has 3 aliphatic heterocycles. The maximum Gasteiger partial charge on any atom is 0.409 e. The zero-order chi connectivity index (χ0) is 25.9. The van der Waals surface area contributed by atoms with E-state index in [2.05, 4.69) is 16.8 Å². The van der Waals surface area contributed by atoms with Gasteiger partial charge >= 0.3 is 6.09 Å². The summed E-state index contributed by atoms with van der Waals surface area (Å²) in [4.78, 5) is 30.4. The molecular weight excluding hydrogens is 467 g/mol. The molecule has 6 rings (SSSR count). The molecule has 1 aromatic carbocycles. The first-order valence-electron chi connectivity index (χ1n) is 12.1. The van der Waals surface area contributed by atoms with Crippen LogP contribution in [0, 0.1) is 23.6 Å². The van der Waals surface area contributed by atoms with Gasteiger partial charge in [-0.2, -0.15) is 0 Å². The standard InChI is InChI=1S/C26H29FN4O5/c1-4-36-25(34)30-11-15(12-30)22(32)21-20(23(28)33)29-24-18-9-13(5-6-26(2,3)35)19(27)10-17(18)14-7-16(8-14)31(21)24/h9-10,14-16,22,32,35H,4,7-8,11-12H2,1-3H3,(H2,28,33). The van der Waals surface area contributed by atoms with E-state index in [9.17, 15) is 24.2 Å². The number of imidazole rings is 1. The number of halogens is 1. The van der Waals surface area contributed by atoms with Crippen LogP contribution in [0.25, 0.3) is 11.4 Å². The fourth-order valence-corrected chi connectivity index (χ4v) is 5.26. The number of carbonyl (C=O) groups excluding carboxylic acids is 2. The van der Waals surface area contributed by atoms with E-state index in [4.69, 9.17) is 10.5 Å². The highest BCUT2D eigenvalue weighted by Gasteiger charge is 2.45. The van der Waals surface area contributed by atoms with Crippen LogP contribution < -0.4 is 5.73 Å². The van der Waals surface area contributed by atoms with Crippen LogP contribution in [0.3, 0.4) is 0 Å². The summed E-state index contributed by atoms with van der Waals surface area (Å²) in [5.41, 5.74) is 6.20. The van der Waals surface area contributed by atoms with Crippen molar-refractivity contribution in [1.29, 1.82) is 0 Å². The minimum atomic E-state index is -1.30. The second-order valence-corrected chi connectivity index (χ2v) is 10.3. The van der Waals surface area contributed by atoms with Gasteiger partial charge in [-0.15, -0.1) is 0 Å². The van der Waals surface area contributed by atoms with Crippen LogP contribution in [-0.2, 0) is 4.74 Å². The van der Waals surface area contributed by atoms with E-state index in [1.165, 1.54) is 24.8 Å². The predicted molar refractivity (Wildman–Crippen MR) is 127 cm³/mol. The number of carbonyl (C=O) groups is 2. The van der Waals surface area contributed by atoms with Crippen LogP contribution >= 0.6 is 0 Å². The van der Waals surface area contributed by atoms with Gasteiger partial charge in [0.25, 0.3) is 5.91 Å². The molecule has 4 aliphatic rings. The van der Waals surface area contributed by atoms with Gasteiger partial charge in [0.1, 0.15) is 23.3 Å². The zero-order valence-electron chi connectivity index (χ0n) is 20.4. The Labute approximate surface area is 208 Å². The Bertz CT molecular complexity index is 1310. The van der Waals surface area contributed by atoms with E-state index in [-0.39, 0.29) is 48.8 Å². The summed E-state index contributed by atoms with van der Waals surface area (Å²) >= 11 is 0. The second kappa shape index (κ2) is 8.61. The van der Waals surface area contributed by atoms with Crippen LogP contribution in [0.1, 0.15) is 79.0 Å². The summed E-state index contributed by atoms with van der Waals surface area (Å²) in [5, 5.41) is 21.3. The van der Waals surface area contributed by atoms with E-state index in [0.717, 1.165) is 5.56 Å². The molecule has 36 heavy (non-hydrogen) atoms. The van der Waals surface area contributed by atoms with E-state index < -0.39 is 29.5 Å². The largest absolute Gasteiger partial charge is 0.450 e. The van der Waals surface area contributed by atoms with E-state index >= 15 is 0 Å². The SMILES string of the molecule is CCOC(=O)N1CC(C(O)c2c(C(N)=O)nc3n2C2CC(C2)c2cc(F)c(C#CC(C)(C)O)cc2-3)C1. The first-order chi connectivity index (χ1) is 17.0. The maximum absolute atomic E-state index is 14.9. The van der Waals surface area contributed by atoms with E-state index in [0.29, 0.717) is 29.9 Å². The third-order valence-electron chi connectivity index (χ3n) is 7.15. The van der Waals surface area contributed by atoms with Gasteiger partial charge in [-0.05, 0) is 57.2 Å². The number of nitrogens with zero attached hydrogens (tertiary/aromatic N) is 3. The predicted octanol–water partition coefficient (Wildman–Crippen LogP) is 2.46. The third-order valence-corrected chi connectivity index (χ3v) is 7.15. The van der Waals surface area contributed by atoms with Crippen LogP contribution in [0.2, 0.25) is 0 Å². The number of aliphatic hydroxyl groups excluding tert-OH is 1. The number of nitrogens with two attached hydrogens (primary N) is 1. The van der Waals surface area contributed by atoms with Crippen molar-refractivity contribution in [3.8, 4) is 23.2 Å². The van der Waals surface area contributed by atoms with Crippen molar-refractivity contribution in [2.75, 3.05) is 19.7 Å². The number of aliphatic hydroxyl groups is 2. The molecule has 1 unspecified atom stereocenters. The average Bonchev–Trinajstić information content (AvgIpc) is 3.00. The Morgan fingerprint density at radius 3 is 2.64 bits per heavy atom. The Morgan fingerprint density at radius 1 is 1.33 bits per heavy atom. The summed E-state index contributed by atoms with van der Waals surface area (Å²) in [6.45, 7) is 5.57. The first-order valence-corrected chi connectivity index (χ1v) is 12.1. The molecule has 190 valence electrons. The van der Waals surface area contributed by atoms with Crippen LogP contribution in [0.5, 0.6) is 0 Å². The molecule has 1 atom stereocenters. The van der Waals surface area contributed by atoms with Gasteiger partial charge in [-0.25, -0.2) is 14.2 Å². The van der Waals surface area contributed by atoms with Crippen LogP contribution in [0.15, 0.2) is 12.1 Å². The van der Waals surface area contributed by atoms with Gasteiger partial charge < -0.3 is 30.2 Å². The molecule has 1 saturated carbocycles. The van der Waals surface area contributed by atoms with E-state index in [1.807, 2.05) is 4.57 Å². The summed E-state index contributed by atoms with van der Waals surface area (Å²) in [6.07, 6.45) is -0.0973. The number of primary amides is 1. The molecule has 1 aromatic heterocycles. The lowest BCUT2D eigenvalue weighted by Crippen LogP contribution is -2.52. The molecule has 10 heteroatoms. The summed E-state index contributed by atoms with van der Waals surface area (Å²) in [7, 11) is 0. The number of hydrogen-bond donors (Lipinski definition) is 3. The van der Waals surface area contributed by atoms with Crippen LogP contribution in [0.4, 0.5) is 9.18 Å². The van der Waals surface area contributed by atoms with Gasteiger partial charge in [0.2, 0.25) is 0 Å². The molecule has 0 spiro atoms. The molecule has 4 N–H and O–H groups in total. The highest BCUT2D eigenvalue weighted by molar-refractivity contribution is 5.93. The van der Waals surface area contributed by atoms with Gasteiger partial charge in [0.05, 0.1) is 17.9 Å². The number of benzene rings is 1. The van der Waals surface area contributed by atoms with Crippen LogP contribution in [-0.4, -0.2) is 62.0 Å². The number of amides is 2. The summed E-state index contributed by atoms with van der Waals surface area (Å²) in [5.74, 6) is 4.32. The maximum atomic E-state index is 14.9. The molecule has 4 heterocycles. The zero-order valence-corrected chi connectivity index (χ0v) is 20.4. The summed E-state index contributed by atoms with van der Waals surface area (Å²) < 4.78 is 21.8. The average molecular weight is 497 g/mol. The van der Waals surface area contributed by atoms with Crippen molar-refractivity contribution in [3.63, 3.8) is 0 Å².